The molecular formula is C14H21O. The molecule has 0 fully saturated rings. The summed E-state index contributed by atoms with van der Waals surface area (Å²) in [6.45, 7) is 6.99. The largest absolute Gasteiger partial charge is 0.374 e. The molecular weight excluding hydrogens is 184 g/mol. The summed E-state index contributed by atoms with van der Waals surface area (Å²) in [6.07, 6.45) is 4.61. The topological polar surface area (TPSA) is 9.23 Å². The molecule has 83 valence electrons. The lowest BCUT2D eigenvalue weighted by Gasteiger charge is -2.16. The zero-order chi connectivity index (χ0) is 10.9. The summed E-state index contributed by atoms with van der Waals surface area (Å²) >= 11 is 0. The molecule has 0 aliphatic rings. The van der Waals surface area contributed by atoms with E-state index in [4.69, 9.17) is 4.74 Å². The van der Waals surface area contributed by atoms with Gasteiger partial charge in [-0.2, -0.15) is 0 Å². The Labute approximate surface area is 93.5 Å². The molecule has 1 heteroatoms. The molecule has 1 radical (unpaired) electrons. The molecule has 0 aromatic heterocycles. The van der Waals surface area contributed by atoms with Crippen LogP contribution in [-0.4, -0.2) is 6.61 Å². The zero-order valence-corrected chi connectivity index (χ0v) is 9.61. The minimum Gasteiger partial charge on any atom is -0.374 e. The predicted octanol–water partition coefficient (Wildman–Crippen LogP) is 4.16. The molecule has 15 heavy (non-hydrogen) atoms. The molecule has 1 aromatic carbocycles. The molecule has 1 aromatic rings. The van der Waals surface area contributed by atoms with Gasteiger partial charge in [0, 0.05) is 6.61 Å². The van der Waals surface area contributed by atoms with E-state index in [1.807, 2.05) is 18.2 Å². The quantitative estimate of drug-likeness (QED) is 0.607. The van der Waals surface area contributed by atoms with Gasteiger partial charge >= 0.3 is 0 Å². The van der Waals surface area contributed by atoms with Crippen molar-refractivity contribution >= 4 is 0 Å². The summed E-state index contributed by atoms with van der Waals surface area (Å²) in [7, 11) is 0. The molecule has 1 nitrogen and oxygen atoms in total. The van der Waals surface area contributed by atoms with Crippen molar-refractivity contribution in [1.29, 1.82) is 0 Å². The lowest BCUT2D eigenvalue weighted by atomic mass is 10.1. The van der Waals surface area contributed by atoms with Gasteiger partial charge < -0.3 is 4.74 Å². The average Bonchev–Trinajstić information content (AvgIpc) is 2.30. The first-order valence-electron chi connectivity index (χ1n) is 5.84. The van der Waals surface area contributed by atoms with Crippen LogP contribution in [0.15, 0.2) is 30.3 Å². The van der Waals surface area contributed by atoms with Crippen molar-refractivity contribution in [3.63, 3.8) is 0 Å². The van der Waals surface area contributed by atoms with Gasteiger partial charge in [0.05, 0.1) is 6.10 Å². The second kappa shape index (κ2) is 7.47. The van der Waals surface area contributed by atoms with E-state index < -0.39 is 0 Å². The number of hydrogen-bond acceptors (Lipinski definition) is 1. The van der Waals surface area contributed by atoms with Gasteiger partial charge in [-0.1, -0.05) is 57.0 Å². The monoisotopic (exact) mass is 205 g/mol. The van der Waals surface area contributed by atoms with Crippen molar-refractivity contribution in [1.82, 2.24) is 0 Å². The van der Waals surface area contributed by atoms with E-state index in [1.165, 1.54) is 18.4 Å². The summed E-state index contributed by atoms with van der Waals surface area (Å²) in [5.74, 6) is 0. The van der Waals surface area contributed by atoms with Crippen molar-refractivity contribution in [2.75, 3.05) is 6.61 Å². The van der Waals surface area contributed by atoms with Gasteiger partial charge in [0.15, 0.2) is 0 Å². The van der Waals surface area contributed by atoms with Crippen LogP contribution in [0.4, 0.5) is 0 Å². The highest BCUT2D eigenvalue weighted by atomic mass is 16.5. The second-order valence-electron chi connectivity index (χ2n) is 3.77. The Hall–Kier alpha value is -0.820. The van der Waals surface area contributed by atoms with Crippen molar-refractivity contribution < 1.29 is 4.74 Å². The molecule has 0 saturated carbocycles. The molecule has 0 saturated heterocycles. The van der Waals surface area contributed by atoms with E-state index in [1.54, 1.807) is 0 Å². The van der Waals surface area contributed by atoms with Crippen molar-refractivity contribution in [2.24, 2.45) is 0 Å². The van der Waals surface area contributed by atoms with Gasteiger partial charge in [0.2, 0.25) is 0 Å². The Morgan fingerprint density at radius 2 is 1.93 bits per heavy atom. The first kappa shape index (κ1) is 12.3. The Bertz CT molecular complexity index is 243. The number of unbranched alkanes of at least 4 members (excludes halogenated alkanes) is 2. The molecule has 1 unspecified atom stereocenters. The molecule has 0 spiro atoms. The second-order valence-corrected chi connectivity index (χ2v) is 3.77. The third kappa shape index (κ3) is 4.48. The van der Waals surface area contributed by atoms with Crippen LogP contribution in [0.3, 0.4) is 0 Å². The molecule has 0 heterocycles. The molecule has 0 aliphatic carbocycles. The third-order valence-electron chi connectivity index (χ3n) is 2.50. The summed E-state index contributed by atoms with van der Waals surface area (Å²) < 4.78 is 5.82. The number of benzene rings is 1. The molecule has 0 bridgehead atoms. The standard InChI is InChI=1S/C14H21O/c1-3-5-9-12-15-14(4-2)13-10-7-6-8-11-13/h6-8,10-11,14H,2-5,9,12H2,1H3. The third-order valence-corrected chi connectivity index (χ3v) is 2.50. The minimum absolute atomic E-state index is 0.169. The first-order chi connectivity index (χ1) is 7.38. The fourth-order valence-corrected chi connectivity index (χ4v) is 1.59. The van der Waals surface area contributed by atoms with Gasteiger partial charge in [-0.3, -0.25) is 0 Å². The van der Waals surface area contributed by atoms with Crippen LogP contribution in [0.25, 0.3) is 0 Å². The van der Waals surface area contributed by atoms with Crippen LogP contribution in [0.1, 0.15) is 44.3 Å². The van der Waals surface area contributed by atoms with Gasteiger partial charge in [0.1, 0.15) is 0 Å². The van der Waals surface area contributed by atoms with Crippen LogP contribution < -0.4 is 0 Å². The Kier molecular flexibility index (Phi) is 6.10. The maximum absolute atomic E-state index is 5.82. The Balaban J connectivity index is 2.36. The highest BCUT2D eigenvalue weighted by molar-refractivity contribution is 5.17. The van der Waals surface area contributed by atoms with Gasteiger partial charge in [0.25, 0.3) is 0 Å². The molecule has 0 N–H and O–H groups in total. The summed E-state index contributed by atoms with van der Waals surface area (Å²) in [6, 6.07) is 10.3. The fourth-order valence-electron chi connectivity index (χ4n) is 1.59. The van der Waals surface area contributed by atoms with Crippen molar-refractivity contribution in [3.8, 4) is 0 Å². The van der Waals surface area contributed by atoms with E-state index >= 15 is 0 Å². The molecule has 0 aliphatic heterocycles. The van der Waals surface area contributed by atoms with Crippen molar-refractivity contribution in [2.45, 2.75) is 38.7 Å². The minimum atomic E-state index is 0.169. The van der Waals surface area contributed by atoms with Gasteiger partial charge in [-0.25, -0.2) is 0 Å². The number of hydrogen-bond donors (Lipinski definition) is 0. The van der Waals surface area contributed by atoms with Crippen LogP contribution in [-0.2, 0) is 4.74 Å². The zero-order valence-electron chi connectivity index (χ0n) is 9.61. The molecule has 1 atom stereocenters. The SMILES string of the molecule is [CH2]CC(OCCCCC)c1ccccc1. The van der Waals surface area contributed by atoms with Crippen LogP contribution in [0, 0.1) is 6.92 Å². The lowest BCUT2D eigenvalue weighted by Crippen LogP contribution is -2.04. The fraction of sp³-hybridized carbons (Fsp3) is 0.500. The summed E-state index contributed by atoms with van der Waals surface area (Å²) in [4.78, 5) is 0. The van der Waals surface area contributed by atoms with E-state index in [0.717, 1.165) is 19.4 Å². The van der Waals surface area contributed by atoms with E-state index in [9.17, 15) is 0 Å². The van der Waals surface area contributed by atoms with Gasteiger partial charge in [-0.15, -0.1) is 0 Å². The van der Waals surface area contributed by atoms with Crippen LogP contribution in [0.5, 0.6) is 0 Å². The Morgan fingerprint density at radius 1 is 1.20 bits per heavy atom. The maximum Gasteiger partial charge on any atom is 0.0824 e. The van der Waals surface area contributed by atoms with Crippen LogP contribution in [0.2, 0.25) is 0 Å². The van der Waals surface area contributed by atoms with Crippen LogP contribution >= 0.6 is 0 Å². The molecule has 1 rings (SSSR count). The van der Waals surface area contributed by atoms with E-state index in [-0.39, 0.29) is 6.10 Å². The van der Waals surface area contributed by atoms with Crippen molar-refractivity contribution in [3.05, 3.63) is 42.8 Å². The number of rotatable bonds is 7. The summed E-state index contributed by atoms with van der Waals surface area (Å²) in [5, 5.41) is 0. The highest BCUT2D eigenvalue weighted by Crippen LogP contribution is 2.20. The van der Waals surface area contributed by atoms with E-state index in [0.29, 0.717) is 0 Å². The normalized spacial score (nSPS) is 12.7. The smallest absolute Gasteiger partial charge is 0.0824 e. The molecule has 0 amide bonds. The average molecular weight is 205 g/mol. The summed E-state index contributed by atoms with van der Waals surface area (Å²) in [5.41, 5.74) is 1.24. The first-order valence-corrected chi connectivity index (χ1v) is 5.84. The Morgan fingerprint density at radius 3 is 2.53 bits per heavy atom. The lowest BCUT2D eigenvalue weighted by molar-refractivity contribution is 0.0516. The van der Waals surface area contributed by atoms with E-state index in [2.05, 4.69) is 26.0 Å². The number of ether oxygens (including phenoxy) is 1. The predicted molar refractivity (Wildman–Crippen MR) is 64.6 cm³/mol. The van der Waals surface area contributed by atoms with Gasteiger partial charge in [-0.05, 0) is 18.4 Å². The highest BCUT2D eigenvalue weighted by Gasteiger charge is 2.07. The maximum atomic E-state index is 5.82.